The lowest BCUT2D eigenvalue weighted by atomic mass is 9.78. The second-order valence-corrected chi connectivity index (χ2v) is 16.1. The van der Waals surface area contributed by atoms with Crippen LogP contribution in [0.15, 0.2) is 218 Å². The van der Waals surface area contributed by atoms with E-state index < -0.39 is 0 Å². The minimum Gasteiger partial charge on any atom is -0.311 e. The van der Waals surface area contributed by atoms with Crippen molar-refractivity contribution in [3.63, 3.8) is 0 Å². The molecule has 0 bridgehead atoms. The van der Waals surface area contributed by atoms with Crippen molar-refractivity contribution in [3.8, 4) is 22.3 Å². The number of hydrogen-bond acceptors (Lipinski definition) is 2. The molecule has 58 heavy (non-hydrogen) atoms. The van der Waals surface area contributed by atoms with Crippen molar-refractivity contribution in [1.29, 1.82) is 0 Å². The van der Waals surface area contributed by atoms with Gasteiger partial charge in [-0.15, -0.1) is 0 Å². The molecule has 0 spiro atoms. The molecule has 2 heteroatoms. The van der Waals surface area contributed by atoms with Crippen molar-refractivity contribution in [1.82, 2.24) is 0 Å². The fourth-order valence-corrected chi connectivity index (χ4v) is 8.39. The van der Waals surface area contributed by atoms with E-state index in [1.165, 1.54) is 49.7 Å². The summed E-state index contributed by atoms with van der Waals surface area (Å²) in [6, 6.07) is 72.4. The Morgan fingerprint density at radius 2 is 0.862 bits per heavy atom. The van der Waals surface area contributed by atoms with Gasteiger partial charge in [0, 0.05) is 33.8 Å². The van der Waals surface area contributed by atoms with Gasteiger partial charge in [0.2, 0.25) is 0 Å². The van der Waals surface area contributed by atoms with Crippen LogP contribution in [0.4, 0.5) is 34.1 Å². The first-order valence-corrected chi connectivity index (χ1v) is 20.4. The molecule has 0 saturated carbocycles. The van der Waals surface area contributed by atoms with Gasteiger partial charge in [-0.05, 0) is 135 Å². The SMILES string of the molecule is CC(C)(C)C1=C(c2ccc(N(c3ccccc3)c3ccc(-c4cccc(-c5ccc(N(c6ccccc6)c6cccc7ccccc67)cc5)c4)cc3)cc2)CCC=C1. The highest BCUT2D eigenvalue weighted by molar-refractivity contribution is 5.99. The van der Waals surface area contributed by atoms with E-state index in [0.717, 1.165) is 47.0 Å². The maximum absolute atomic E-state index is 2.35. The van der Waals surface area contributed by atoms with Crippen LogP contribution in [0.3, 0.4) is 0 Å². The number of fused-ring (bicyclic) bond motifs is 1. The number of nitrogens with zero attached hydrogens (tertiary/aromatic N) is 2. The largest absolute Gasteiger partial charge is 0.311 e. The topological polar surface area (TPSA) is 6.48 Å². The summed E-state index contributed by atoms with van der Waals surface area (Å²) in [5.41, 5.74) is 15.9. The molecule has 8 aromatic rings. The highest BCUT2D eigenvalue weighted by atomic mass is 15.1. The second kappa shape index (κ2) is 15.9. The molecule has 9 rings (SSSR count). The Morgan fingerprint density at radius 1 is 0.397 bits per heavy atom. The average Bonchev–Trinajstić information content (AvgIpc) is 3.28. The second-order valence-electron chi connectivity index (χ2n) is 16.1. The molecule has 0 heterocycles. The molecule has 0 amide bonds. The van der Waals surface area contributed by atoms with Crippen LogP contribution in [0, 0.1) is 5.41 Å². The van der Waals surface area contributed by atoms with E-state index in [2.05, 4.69) is 243 Å². The predicted molar refractivity (Wildman–Crippen MR) is 249 cm³/mol. The van der Waals surface area contributed by atoms with Crippen LogP contribution in [-0.2, 0) is 0 Å². The van der Waals surface area contributed by atoms with Gasteiger partial charge in [-0.25, -0.2) is 0 Å². The average molecular weight is 749 g/mol. The lowest BCUT2D eigenvalue weighted by Crippen LogP contribution is -2.12. The van der Waals surface area contributed by atoms with Gasteiger partial charge in [0.05, 0.1) is 5.69 Å². The maximum atomic E-state index is 2.35. The third kappa shape index (κ3) is 7.50. The van der Waals surface area contributed by atoms with Gasteiger partial charge < -0.3 is 9.80 Å². The monoisotopic (exact) mass is 748 g/mol. The third-order valence-electron chi connectivity index (χ3n) is 11.3. The number of anilines is 6. The lowest BCUT2D eigenvalue weighted by Gasteiger charge is -2.28. The number of hydrogen-bond donors (Lipinski definition) is 0. The molecule has 1 aliphatic rings. The van der Waals surface area contributed by atoms with Gasteiger partial charge in [0.1, 0.15) is 0 Å². The van der Waals surface area contributed by atoms with E-state index in [9.17, 15) is 0 Å². The van der Waals surface area contributed by atoms with E-state index >= 15 is 0 Å². The van der Waals surface area contributed by atoms with Gasteiger partial charge in [0.25, 0.3) is 0 Å². The summed E-state index contributed by atoms with van der Waals surface area (Å²) in [6.45, 7) is 6.94. The van der Waals surface area contributed by atoms with Crippen LogP contribution >= 0.6 is 0 Å². The van der Waals surface area contributed by atoms with Gasteiger partial charge >= 0.3 is 0 Å². The normalized spacial score (nSPS) is 12.8. The number of allylic oxidation sites excluding steroid dienone is 4. The molecule has 0 fully saturated rings. The Labute approximate surface area is 343 Å². The molecule has 0 aromatic heterocycles. The number of benzene rings is 8. The quantitative estimate of drug-likeness (QED) is 0.145. The van der Waals surface area contributed by atoms with Crippen molar-refractivity contribution in [2.75, 3.05) is 9.80 Å². The van der Waals surface area contributed by atoms with Crippen LogP contribution in [-0.4, -0.2) is 0 Å². The number of para-hydroxylation sites is 2. The summed E-state index contributed by atoms with van der Waals surface area (Å²) in [5, 5.41) is 2.45. The van der Waals surface area contributed by atoms with Gasteiger partial charge in [-0.2, -0.15) is 0 Å². The summed E-state index contributed by atoms with van der Waals surface area (Å²) >= 11 is 0. The third-order valence-corrected chi connectivity index (χ3v) is 11.3. The first-order chi connectivity index (χ1) is 28.4. The molecule has 8 aromatic carbocycles. The zero-order valence-corrected chi connectivity index (χ0v) is 33.5. The zero-order chi connectivity index (χ0) is 39.5. The van der Waals surface area contributed by atoms with Crippen molar-refractivity contribution < 1.29 is 0 Å². The smallest absolute Gasteiger partial charge is 0.0540 e. The zero-order valence-electron chi connectivity index (χ0n) is 33.5. The Kier molecular flexibility index (Phi) is 10.1. The minimum atomic E-state index is 0.107. The minimum absolute atomic E-state index is 0.107. The van der Waals surface area contributed by atoms with Crippen LogP contribution in [0.2, 0.25) is 0 Å². The summed E-state index contributed by atoms with van der Waals surface area (Å²) in [7, 11) is 0. The Balaban J connectivity index is 1.00. The summed E-state index contributed by atoms with van der Waals surface area (Å²) < 4.78 is 0. The standard InChI is InChI=1S/C56H48N2/c1-56(2,3)54-26-13-12-24-52(54)44-32-38-50(39-33-44)57(47-20-6-4-7-21-47)49-34-28-41(29-35-49)45-18-14-19-46(40-45)42-30-36-51(37-31-42)58(48-22-8-5-9-23-48)55-27-15-17-43-16-10-11-25-53(43)55/h4-11,13-23,25-40H,12,24H2,1-3H3. The van der Waals surface area contributed by atoms with E-state index in [4.69, 9.17) is 0 Å². The predicted octanol–water partition coefficient (Wildman–Crippen LogP) is 16.3. The lowest BCUT2D eigenvalue weighted by molar-refractivity contribution is 0.515. The van der Waals surface area contributed by atoms with E-state index in [1.807, 2.05) is 0 Å². The molecule has 0 atom stereocenters. The van der Waals surface area contributed by atoms with E-state index in [1.54, 1.807) is 0 Å². The van der Waals surface area contributed by atoms with Crippen LogP contribution in [0.25, 0.3) is 38.6 Å². The molecule has 0 saturated heterocycles. The van der Waals surface area contributed by atoms with Crippen molar-refractivity contribution >= 4 is 50.5 Å². The molecular formula is C56H48N2. The molecule has 1 aliphatic carbocycles. The maximum Gasteiger partial charge on any atom is 0.0540 e. The summed E-state index contributed by atoms with van der Waals surface area (Å²) in [4.78, 5) is 4.70. The van der Waals surface area contributed by atoms with Crippen LogP contribution in [0.1, 0.15) is 39.2 Å². The van der Waals surface area contributed by atoms with Crippen molar-refractivity contribution in [3.05, 3.63) is 223 Å². The highest BCUT2D eigenvalue weighted by Crippen LogP contribution is 2.42. The van der Waals surface area contributed by atoms with Gasteiger partial charge in [-0.3, -0.25) is 0 Å². The van der Waals surface area contributed by atoms with Gasteiger partial charge in [0.15, 0.2) is 0 Å². The molecule has 2 nitrogen and oxygen atoms in total. The Hall–Kier alpha value is -6.90. The fraction of sp³-hybridized carbons (Fsp3) is 0.107. The van der Waals surface area contributed by atoms with Crippen LogP contribution in [0.5, 0.6) is 0 Å². The first-order valence-electron chi connectivity index (χ1n) is 20.4. The number of rotatable bonds is 9. The summed E-state index contributed by atoms with van der Waals surface area (Å²) in [6.07, 6.45) is 6.83. The Bertz CT molecular complexity index is 2710. The molecule has 0 radical (unpaired) electrons. The van der Waals surface area contributed by atoms with Crippen LogP contribution < -0.4 is 9.80 Å². The van der Waals surface area contributed by atoms with E-state index in [0.29, 0.717) is 0 Å². The molecule has 0 aliphatic heterocycles. The summed E-state index contributed by atoms with van der Waals surface area (Å²) in [5.74, 6) is 0. The van der Waals surface area contributed by atoms with Gasteiger partial charge in [-0.1, -0.05) is 160 Å². The molecule has 0 N–H and O–H groups in total. The van der Waals surface area contributed by atoms with Crippen molar-refractivity contribution in [2.24, 2.45) is 5.41 Å². The van der Waals surface area contributed by atoms with E-state index in [-0.39, 0.29) is 5.41 Å². The molecular weight excluding hydrogens is 701 g/mol. The first kappa shape index (κ1) is 36.7. The molecule has 0 unspecified atom stereocenters. The Morgan fingerprint density at radius 3 is 1.45 bits per heavy atom. The fourth-order valence-electron chi connectivity index (χ4n) is 8.39. The highest BCUT2D eigenvalue weighted by Gasteiger charge is 2.22. The van der Waals surface area contributed by atoms with Crippen molar-refractivity contribution in [2.45, 2.75) is 33.6 Å². The molecule has 282 valence electrons.